The van der Waals surface area contributed by atoms with Crippen LogP contribution >= 0.6 is 0 Å². The first kappa shape index (κ1) is 33.0. The van der Waals surface area contributed by atoms with E-state index in [-0.39, 0.29) is 17.9 Å². The third-order valence-electron chi connectivity index (χ3n) is 8.54. The predicted octanol–water partition coefficient (Wildman–Crippen LogP) is 5.68. The lowest BCUT2D eigenvalue weighted by Gasteiger charge is -2.34. The van der Waals surface area contributed by atoms with Gasteiger partial charge in [-0.15, -0.1) is 0 Å². The van der Waals surface area contributed by atoms with Crippen LogP contribution in [0.3, 0.4) is 0 Å². The summed E-state index contributed by atoms with van der Waals surface area (Å²) in [5.41, 5.74) is 5.79. The highest BCUT2D eigenvalue weighted by Gasteiger charge is 2.28. The Bertz CT molecular complexity index is 1250. The minimum atomic E-state index is -0.507. The molecule has 6 nitrogen and oxygen atoms in total. The number of nitrogens with one attached hydrogen (secondary N) is 1. The van der Waals surface area contributed by atoms with Crippen LogP contribution in [0.1, 0.15) is 46.6 Å². The number of amides is 2. The number of nitrogens with zero attached hydrogens (tertiary/aromatic N) is 3. The number of allylic oxidation sites excluding steroid dienone is 7. The summed E-state index contributed by atoms with van der Waals surface area (Å²) in [6, 6.07) is 10.4. The Morgan fingerprint density at radius 1 is 1.00 bits per heavy atom. The lowest BCUT2D eigenvalue weighted by molar-refractivity contribution is -0.126. The normalized spacial score (nSPS) is 18.4. The molecule has 1 saturated heterocycles. The zero-order chi connectivity index (χ0) is 30.6. The lowest BCUT2D eigenvalue weighted by Crippen LogP contribution is -2.48. The summed E-state index contributed by atoms with van der Waals surface area (Å²) in [6.07, 6.45) is 13.3. The van der Waals surface area contributed by atoms with Gasteiger partial charge in [-0.05, 0) is 68.9 Å². The molecule has 0 saturated carbocycles. The van der Waals surface area contributed by atoms with E-state index in [1.54, 1.807) is 11.0 Å². The fourth-order valence-corrected chi connectivity index (χ4v) is 5.59. The maximum atomic E-state index is 13.7. The Morgan fingerprint density at radius 2 is 1.64 bits per heavy atom. The molecule has 0 spiro atoms. The second-order valence-corrected chi connectivity index (χ2v) is 11.3. The Hall–Kier alpha value is -3.48. The minimum absolute atomic E-state index is 0.101. The Balaban J connectivity index is 1.50. The van der Waals surface area contributed by atoms with Crippen LogP contribution in [0.5, 0.6) is 0 Å². The van der Waals surface area contributed by atoms with E-state index in [0.717, 1.165) is 56.8 Å². The number of hydrogen-bond acceptors (Lipinski definition) is 4. The van der Waals surface area contributed by atoms with Crippen molar-refractivity contribution in [3.63, 3.8) is 0 Å². The second-order valence-electron chi connectivity index (χ2n) is 11.3. The van der Waals surface area contributed by atoms with Gasteiger partial charge in [0.05, 0.1) is 12.0 Å². The lowest BCUT2D eigenvalue weighted by atomic mass is 9.91. The molecule has 2 unspecified atom stereocenters. The molecule has 0 bridgehead atoms. The highest BCUT2D eigenvalue weighted by atomic mass is 16.2. The molecule has 226 valence electrons. The number of piperazine rings is 1. The highest BCUT2D eigenvalue weighted by Crippen LogP contribution is 2.28. The molecule has 1 aliphatic heterocycles. The van der Waals surface area contributed by atoms with Crippen LogP contribution in [0.25, 0.3) is 0 Å². The molecule has 1 heterocycles. The van der Waals surface area contributed by atoms with Crippen LogP contribution in [0.4, 0.5) is 0 Å². The van der Waals surface area contributed by atoms with Gasteiger partial charge in [0.15, 0.2) is 0 Å². The number of hydrogen-bond donors (Lipinski definition) is 1. The van der Waals surface area contributed by atoms with E-state index in [1.165, 1.54) is 11.1 Å². The van der Waals surface area contributed by atoms with Crippen molar-refractivity contribution in [1.29, 1.82) is 0 Å². The molecule has 1 aromatic carbocycles. The van der Waals surface area contributed by atoms with Gasteiger partial charge in [-0.25, -0.2) is 0 Å². The first-order valence-electron chi connectivity index (χ1n) is 15.3. The molecule has 6 heteroatoms. The van der Waals surface area contributed by atoms with E-state index in [4.69, 9.17) is 0 Å². The molecule has 1 fully saturated rings. The Labute approximate surface area is 253 Å². The van der Waals surface area contributed by atoms with Gasteiger partial charge in [-0.1, -0.05) is 73.4 Å². The van der Waals surface area contributed by atoms with E-state index in [1.807, 2.05) is 34.7 Å². The topological polar surface area (TPSA) is 55.9 Å². The van der Waals surface area contributed by atoms with Gasteiger partial charge in [0.1, 0.15) is 0 Å². The van der Waals surface area contributed by atoms with Crippen molar-refractivity contribution in [3.8, 4) is 0 Å². The maximum absolute atomic E-state index is 13.7. The Morgan fingerprint density at radius 3 is 2.29 bits per heavy atom. The summed E-state index contributed by atoms with van der Waals surface area (Å²) < 4.78 is 0. The SMILES string of the molecule is C=C(/C(=C\C)C(=O)N(C)C(C)/C(=C/C)C1=C(C)C=CCC=C1)C(C)C(=O)NCCN1CCN(Cc2ccccc2)CC1. The minimum Gasteiger partial charge on any atom is -0.354 e. The number of benzene rings is 1. The van der Waals surface area contributed by atoms with Crippen LogP contribution in [-0.2, 0) is 16.1 Å². The number of rotatable bonds is 12. The van der Waals surface area contributed by atoms with E-state index in [2.05, 4.69) is 89.3 Å². The van der Waals surface area contributed by atoms with E-state index < -0.39 is 5.92 Å². The third kappa shape index (κ3) is 8.76. The summed E-state index contributed by atoms with van der Waals surface area (Å²) in [5.74, 6) is -0.739. The largest absolute Gasteiger partial charge is 0.354 e. The average molecular weight is 571 g/mol. The Kier molecular flexibility index (Phi) is 12.8. The summed E-state index contributed by atoms with van der Waals surface area (Å²) >= 11 is 0. The van der Waals surface area contributed by atoms with Crippen LogP contribution in [0.2, 0.25) is 0 Å². The van der Waals surface area contributed by atoms with Crippen molar-refractivity contribution in [2.75, 3.05) is 46.3 Å². The zero-order valence-corrected chi connectivity index (χ0v) is 26.5. The monoisotopic (exact) mass is 570 g/mol. The standard InChI is InChI=1S/C36H50N4O2/c1-8-32(36(42)38(7)30(6)33(9-2)34-19-15-10-12-16-27(34)3)28(4)29(5)35(41)37-20-21-39-22-24-40(25-23-39)26-31-17-13-11-14-18-31/h8-9,11-19,29-30H,4,10,20-26H2,1-3,5-7H3,(H,37,41)/b32-8+,33-9-. The fourth-order valence-electron chi connectivity index (χ4n) is 5.59. The number of likely N-dealkylation sites (N-methyl/N-ethyl adjacent to an activating group) is 1. The molecule has 0 aromatic heterocycles. The molecule has 1 aliphatic carbocycles. The van der Waals surface area contributed by atoms with Crippen LogP contribution in [0.15, 0.2) is 101 Å². The van der Waals surface area contributed by atoms with Gasteiger partial charge in [0.2, 0.25) is 5.91 Å². The molecule has 42 heavy (non-hydrogen) atoms. The summed E-state index contributed by atoms with van der Waals surface area (Å²) in [4.78, 5) is 33.4. The third-order valence-corrected chi connectivity index (χ3v) is 8.54. The van der Waals surface area contributed by atoms with Gasteiger partial charge in [-0.2, -0.15) is 0 Å². The average Bonchev–Trinajstić information content (AvgIpc) is 3.22. The van der Waals surface area contributed by atoms with E-state index in [9.17, 15) is 9.59 Å². The summed E-state index contributed by atoms with van der Waals surface area (Å²) in [5, 5.41) is 3.08. The molecular weight excluding hydrogens is 520 g/mol. The highest BCUT2D eigenvalue weighted by molar-refractivity contribution is 6.00. The van der Waals surface area contributed by atoms with Gasteiger partial charge in [-0.3, -0.25) is 19.4 Å². The first-order valence-corrected chi connectivity index (χ1v) is 15.3. The van der Waals surface area contributed by atoms with E-state index in [0.29, 0.717) is 17.7 Å². The van der Waals surface area contributed by atoms with Crippen molar-refractivity contribution < 1.29 is 9.59 Å². The van der Waals surface area contributed by atoms with Gasteiger partial charge in [0, 0.05) is 58.4 Å². The fraction of sp³-hybridized carbons (Fsp3) is 0.444. The van der Waals surface area contributed by atoms with Crippen molar-refractivity contribution in [3.05, 3.63) is 107 Å². The van der Waals surface area contributed by atoms with Gasteiger partial charge >= 0.3 is 0 Å². The number of carbonyl (C=O) groups excluding carboxylic acids is 2. The molecule has 2 atom stereocenters. The second kappa shape index (κ2) is 16.2. The van der Waals surface area contributed by atoms with Crippen molar-refractivity contribution in [2.24, 2.45) is 5.92 Å². The molecule has 1 N–H and O–H groups in total. The predicted molar refractivity (Wildman–Crippen MR) is 175 cm³/mol. The molecule has 2 aliphatic rings. The quantitative estimate of drug-likeness (QED) is 0.259. The van der Waals surface area contributed by atoms with Crippen molar-refractivity contribution >= 4 is 11.8 Å². The van der Waals surface area contributed by atoms with Crippen LogP contribution < -0.4 is 5.32 Å². The van der Waals surface area contributed by atoms with Gasteiger partial charge in [0.25, 0.3) is 5.91 Å². The van der Waals surface area contributed by atoms with E-state index >= 15 is 0 Å². The van der Waals surface area contributed by atoms with Crippen molar-refractivity contribution in [1.82, 2.24) is 20.0 Å². The molecule has 2 amide bonds. The van der Waals surface area contributed by atoms with Crippen LogP contribution in [0, 0.1) is 5.92 Å². The summed E-state index contributed by atoms with van der Waals surface area (Å²) in [7, 11) is 1.82. The molecular formula is C36H50N4O2. The molecule has 1 aromatic rings. The van der Waals surface area contributed by atoms with Crippen LogP contribution in [-0.4, -0.2) is 78.9 Å². The maximum Gasteiger partial charge on any atom is 0.254 e. The van der Waals surface area contributed by atoms with Gasteiger partial charge < -0.3 is 10.2 Å². The molecule has 3 rings (SSSR count). The number of carbonyl (C=O) groups is 2. The molecule has 0 radical (unpaired) electrons. The summed E-state index contributed by atoms with van der Waals surface area (Å²) in [6.45, 7) is 20.4. The zero-order valence-electron chi connectivity index (χ0n) is 26.5. The smallest absolute Gasteiger partial charge is 0.254 e. The first-order chi connectivity index (χ1) is 20.2. The van der Waals surface area contributed by atoms with Crippen molar-refractivity contribution in [2.45, 2.75) is 53.6 Å².